The summed E-state index contributed by atoms with van der Waals surface area (Å²) in [4.78, 5) is 28.5. The van der Waals surface area contributed by atoms with E-state index >= 15 is 0 Å². The van der Waals surface area contributed by atoms with E-state index in [9.17, 15) is 18.0 Å². The second-order valence-electron chi connectivity index (χ2n) is 8.98. The van der Waals surface area contributed by atoms with Crippen molar-refractivity contribution in [3.63, 3.8) is 0 Å². The summed E-state index contributed by atoms with van der Waals surface area (Å²) in [6.07, 6.45) is 5.08. The Balaban J connectivity index is 2.00. The summed E-state index contributed by atoms with van der Waals surface area (Å²) >= 11 is 25.2. The van der Waals surface area contributed by atoms with Crippen LogP contribution in [0.25, 0.3) is 0 Å². The zero-order chi connectivity index (χ0) is 27.3. The average molecular weight is 609 g/mol. The molecule has 2 aromatic rings. The molecule has 1 saturated carbocycles. The molecule has 0 aliphatic heterocycles. The molecule has 0 spiro atoms. The fraction of sp³-hybridized carbons (Fsp3) is 0.440. The van der Waals surface area contributed by atoms with E-state index in [1.54, 1.807) is 25.1 Å². The minimum absolute atomic E-state index is 0.00546. The summed E-state index contributed by atoms with van der Waals surface area (Å²) < 4.78 is 26.4. The third-order valence-electron chi connectivity index (χ3n) is 6.36. The third-order valence-corrected chi connectivity index (χ3v) is 9.00. The van der Waals surface area contributed by atoms with E-state index in [0.717, 1.165) is 36.2 Å². The molecular weight excluding hydrogens is 580 g/mol. The number of nitrogens with one attached hydrogen (secondary N) is 1. The first kappa shape index (κ1) is 29.8. The predicted octanol–water partition coefficient (Wildman–Crippen LogP) is 5.93. The molecule has 1 aliphatic rings. The first-order valence-corrected chi connectivity index (χ1v) is 15.2. The molecule has 0 radical (unpaired) electrons. The zero-order valence-corrected chi connectivity index (χ0v) is 24.4. The van der Waals surface area contributed by atoms with Crippen LogP contribution in [0.5, 0.6) is 0 Å². The van der Waals surface area contributed by atoms with Crippen molar-refractivity contribution in [2.24, 2.45) is 0 Å². The molecule has 0 aromatic heterocycles. The number of benzene rings is 2. The number of carbonyl (C=O) groups is 2. The number of sulfonamides is 1. The van der Waals surface area contributed by atoms with Crippen LogP contribution in [0, 0.1) is 0 Å². The van der Waals surface area contributed by atoms with Gasteiger partial charge in [0.2, 0.25) is 21.8 Å². The monoisotopic (exact) mass is 607 g/mol. The number of carbonyl (C=O) groups excluding carboxylic acids is 2. The lowest BCUT2D eigenvalue weighted by Gasteiger charge is -2.34. The Hall–Kier alpha value is -1.71. The molecule has 0 unspecified atom stereocenters. The van der Waals surface area contributed by atoms with E-state index in [2.05, 4.69) is 5.32 Å². The molecule has 0 heterocycles. The molecule has 202 valence electrons. The number of nitrogens with zero attached hydrogens (tertiary/aromatic N) is 2. The lowest BCUT2D eigenvalue weighted by Crippen LogP contribution is -2.53. The summed E-state index contributed by atoms with van der Waals surface area (Å²) in [5.74, 6) is -0.927. The zero-order valence-electron chi connectivity index (χ0n) is 20.5. The van der Waals surface area contributed by atoms with Gasteiger partial charge in [0.15, 0.2) is 0 Å². The van der Waals surface area contributed by atoms with Crippen LogP contribution in [0.4, 0.5) is 5.69 Å². The molecule has 37 heavy (non-hydrogen) atoms. The number of amides is 2. The van der Waals surface area contributed by atoms with Crippen LogP contribution in [-0.4, -0.2) is 50.0 Å². The standard InChI is InChI=1S/C25H29Cl4N3O4S/c1-3-21(25(34)30-16-8-4-5-9-16)31(14-17-18(26)10-6-11-19(17)27)23(33)15-32(37(2,35)36)22-13-7-12-20(28)24(22)29/h6-7,10-13,16,21H,3-5,8-9,14-15H2,1-2H3,(H,30,34)/t21-/m0/s1. The molecule has 1 aliphatic carbocycles. The van der Waals surface area contributed by atoms with Gasteiger partial charge in [-0.2, -0.15) is 0 Å². The second kappa shape index (κ2) is 12.9. The first-order chi connectivity index (χ1) is 17.4. The highest BCUT2D eigenvalue weighted by molar-refractivity contribution is 7.92. The predicted molar refractivity (Wildman–Crippen MR) is 150 cm³/mol. The molecule has 1 fully saturated rings. The van der Waals surface area contributed by atoms with Gasteiger partial charge in [-0.1, -0.05) is 78.3 Å². The highest BCUT2D eigenvalue weighted by Gasteiger charge is 2.34. The normalized spacial score (nSPS) is 14.9. The molecule has 7 nitrogen and oxygen atoms in total. The number of hydrogen-bond acceptors (Lipinski definition) is 4. The van der Waals surface area contributed by atoms with Crippen molar-refractivity contribution in [3.8, 4) is 0 Å². The molecule has 0 bridgehead atoms. The molecule has 2 aromatic carbocycles. The van der Waals surface area contributed by atoms with Gasteiger partial charge in [0, 0.05) is 28.2 Å². The van der Waals surface area contributed by atoms with E-state index in [4.69, 9.17) is 46.4 Å². The van der Waals surface area contributed by atoms with Gasteiger partial charge in [-0.05, 0) is 43.5 Å². The minimum atomic E-state index is -3.96. The maximum atomic E-state index is 13.8. The van der Waals surface area contributed by atoms with Crippen LogP contribution in [0.15, 0.2) is 36.4 Å². The van der Waals surface area contributed by atoms with Crippen LogP contribution in [0.3, 0.4) is 0 Å². The van der Waals surface area contributed by atoms with Gasteiger partial charge >= 0.3 is 0 Å². The van der Waals surface area contributed by atoms with Crippen molar-refractivity contribution in [2.75, 3.05) is 17.1 Å². The Morgan fingerprint density at radius 1 is 1.00 bits per heavy atom. The summed E-state index contributed by atoms with van der Waals surface area (Å²) in [6.45, 7) is 1.10. The van der Waals surface area contributed by atoms with Crippen molar-refractivity contribution >= 4 is 73.9 Å². The van der Waals surface area contributed by atoms with E-state index < -0.39 is 28.5 Å². The van der Waals surface area contributed by atoms with Gasteiger partial charge in [0.1, 0.15) is 12.6 Å². The van der Waals surface area contributed by atoms with Gasteiger partial charge in [0.05, 0.1) is 22.0 Å². The minimum Gasteiger partial charge on any atom is -0.352 e. The van der Waals surface area contributed by atoms with E-state index in [1.807, 2.05) is 0 Å². The van der Waals surface area contributed by atoms with Crippen LogP contribution in [0.2, 0.25) is 20.1 Å². The molecule has 1 N–H and O–H groups in total. The van der Waals surface area contributed by atoms with Crippen molar-refractivity contribution in [1.82, 2.24) is 10.2 Å². The third kappa shape index (κ3) is 7.45. The molecular formula is C25H29Cl4N3O4S. The number of rotatable bonds is 10. The Bertz CT molecular complexity index is 1230. The molecule has 1 atom stereocenters. The summed E-state index contributed by atoms with van der Waals surface area (Å²) in [7, 11) is -3.96. The van der Waals surface area contributed by atoms with Crippen molar-refractivity contribution < 1.29 is 18.0 Å². The topological polar surface area (TPSA) is 86.8 Å². The Morgan fingerprint density at radius 2 is 1.57 bits per heavy atom. The summed E-state index contributed by atoms with van der Waals surface area (Å²) in [6, 6.07) is 8.63. The highest BCUT2D eigenvalue weighted by Crippen LogP contribution is 2.34. The van der Waals surface area contributed by atoms with E-state index in [0.29, 0.717) is 22.0 Å². The van der Waals surface area contributed by atoms with Crippen molar-refractivity contribution in [1.29, 1.82) is 0 Å². The quantitative estimate of drug-likeness (QED) is 0.362. The van der Waals surface area contributed by atoms with E-state index in [1.165, 1.54) is 23.1 Å². The lowest BCUT2D eigenvalue weighted by atomic mass is 10.1. The van der Waals surface area contributed by atoms with Gasteiger partial charge in [-0.3, -0.25) is 13.9 Å². The smallest absolute Gasteiger partial charge is 0.244 e. The molecule has 0 saturated heterocycles. The maximum absolute atomic E-state index is 13.8. The van der Waals surface area contributed by atoms with Gasteiger partial charge in [-0.15, -0.1) is 0 Å². The van der Waals surface area contributed by atoms with Gasteiger partial charge in [-0.25, -0.2) is 8.42 Å². The first-order valence-electron chi connectivity index (χ1n) is 11.9. The second-order valence-corrected chi connectivity index (χ2v) is 12.5. The molecule has 2 amide bonds. The summed E-state index contributed by atoms with van der Waals surface area (Å²) in [5.41, 5.74) is 0.516. The largest absolute Gasteiger partial charge is 0.352 e. The van der Waals surface area contributed by atoms with Crippen LogP contribution >= 0.6 is 46.4 Å². The van der Waals surface area contributed by atoms with Gasteiger partial charge in [0.25, 0.3) is 0 Å². The number of hydrogen-bond donors (Lipinski definition) is 1. The Labute approximate surface area is 238 Å². The van der Waals surface area contributed by atoms with Gasteiger partial charge < -0.3 is 10.2 Å². The highest BCUT2D eigenvalue weighted by atomic mass is 35.5. The van der Waals surface area contributed by atoms with Crippen LogP contribution in [-0.2, 0) is 26.2 Å². The lowest BCUT2D eigenvalue weighted by molar-refractivity contribution is -0.140. The maximum Gasteiger partial charge on any atom is 0.244 e. The van der Waals surface area contributed by atoms with Crippen LogP contribution in [0.1, 0.15) is 44.6 Å². The van der Waals surface area contributed by atoms with E-state index in [-0.39, 0.29) is 34.2 Å². The molecule has 3 rings (SSSR count). The average Bonchev–Trinajstić information content (AvgIpc) is 3.33. The fourth-order valence-electron chi connectivity index (χ4n) is 4.42. The summed E-state index contributed by atoms with van der Waals surface area (Å²) in [5, 5.41) is 3.83. The molecule has 12 heteroatoms. The Morgan fingerprint density at radius 3 is 2.14 bits per heavy atom. The SMILES string of the molecule is CC[C@@H](C(=O)NC1CCCC1)N(Cc1c(Cl)cccc1Cl)C(=O)CN(c1cccc(Cl)c1Cl)S(C)(=O)=O. The van der Waals surface area contributed by atoms with Crippen molar-refractivity contribution in [2.45, 2.75) is 57.7 Å². The fourth-order valence-corrected chi connectivity index (χ4v) is 6.24. The van der Waals surface area contributed by atoms with Crippen LogP contribution < -0.4 is 9.62 Å². The number of anilines is 1. The van der Waals surface area contributed by atoms with Crippen molar-refractivity contribution in [3.05, 3.63) is 62.1 Å². The Kier molecular flexibility index (Phi) is 10.4. The number of halogens is 4.